The molecule has 8 heteroatoms. The first-order valence-electron chi connectivity index (χ1n) is 6.07. The number of esters is 1. The first-order valence-corrected chi connectivity index (χ1v) is 6.07. The third kappa shape index (κ3) is 3.09. The van der Waals surface area contributed by atoms with Crippen LogP contribution in [0.5, 0.6) is 0 Å². The van der Waals surface area contributed by atoms with E-state index in [1.807, 2.05) is 0 Å². The molecule has 0 atom stereocenters. The zero-order valence-corrected chi connectivity index (χ0v) is 11.7. The maximum absolute atomic E-state index is 12.7. The summed E-state index contributed by atoms with van der Waals surface area (Å²) >= 11 is 0. The molecule has 2 heterocycles. The second-order valence-corrected chi connectivity index (χ2v) is 5.49. The van der Waals surface area contributed by atoms with Gasteiger partial charge in [-0.15, -0.1) is 0 Å². The van der Waals surface area contributed by atoms with Crippen LogP contribution in [0.2, 0.25) is 0 Å². The van der Waals surface area contributed by atoms with Crippen molar-refractivity contribution in [3.63, 3.8) is 0 Å². The van der Waals surface area contributed by atoms with Crippen molar-refractivity contribution >= 4 is 17.4 Å². The Morgan fingerprint density at radius 1 is 1.29 bits per heavy atom. The fraction of sp³-hybridized carbons (Fsp3) is 0.385. The maximum atomic E-state index is 12.7. The Morgan fingerprint density at radius 3 is 2.43 bits per heavy atom. The van der Waals surface area contributed by atoms with Crippen molar-refractivity contribution in [1.82, 2.24) is 9.38 Å². The van der Waals surface area contributed by atoms with Gasteiger partial charge in [0.2, 0.25) is 0 Å². The lowest BCUT2D eigenvalue weighted by molar-refractivity contribution is -0.137. The van der Waals surface area contributed by atoms with Gasteiger partial charge in [0.25, 0.3) is 0 Å². The Bertz CT molecular complexity index is 699. The SMILES string of the molecule is CC(C)(C)OC(=O)c1nc2ccc(C(F)(F)F)cn2c1N. The van der Waals surface area contributed by atoms with Gasteiger partial charge in [-0.25, -0.2) is 9.78 Å². The molecular weight excluding hydrogens is 287 g/mol. The van der Waals surface area contributed by atoms with E-state index < -0.39 is 23.3 Å². The fourth-order valence-electron chi connectivity index (χ4n) is 1.71. The van der Waals surface area contributed by atoms with Gasteiger partial charge in [-0.1, -0.05) is 0 Å². The number of nitrogens with two attached hydrogens (primary N) is 1. The number of nitrogen functional groups attached to an aromatic ring is 1. The van der Waals surface area contributed by atoms with E-state index in [9.17, 15) is 18.0 Å². The molecule has 5 nitrogen and oxygen atoms in total. The van der Waals surface area contributed by atoms with Crippen LogP contribution in [0.4, 0.5) is 19.0 Å². The summed E-state index contributed by atoms with van der Waals surface area (Å²) in [5, 5.41) is 0. The molecule has 0 radical (unpaired) electrons. The highest BCUT2D eigenvalue weighted by molar-refractivity contribution is 5.93. The summed E-state index contributed by atoms with van der Waals surface area (Å²) in [7, 11) is 0. The average Bonchev–Trinajstić information content (AvgIpc) is 2.63. The minimum Gasteiger partial charge on any atom is -0.455 e. The number of imidazole rings is 1. The van der Waals surface area contributed by atoms with Crippen LogP contribution in [-0.2, 0) is 10.9 Å². The predicted octanol–water partition coefficient (Wildman–Crippen LogP) is 2.89. The van der Waals surface area contributed by atoms with Crippen LogP contribution < -0.4 is 5.73 Å². The van der Waals surface area contributed by atoms with Crippen LogP contribution in [0.25, 0.3) is 5.65 Å². The number of carbonyl (C=O) groups excluding carboxylic acids is 1. The molecule has 0 aliphatic rings. The summed E-state index contributed by atoms with van der Waals surface area (Å²) in [4.78, 5) is 15.8. The quantitative estimate of drug-likeness (QED) is 0.822. The number of pyridine rings is 1. The first kappa shape index (κ1) is 15.1. The molecule has 0 amide bonds. The van der Waals surface area contributed by atoms with Gasteiger partial charge in [-0.2, -0.15) is 13.2 Å². The average molecular weight is 301 g/mol. The van der Waals surface area contributed by atoms with E-state index >= 15 is 0 Å². The van der Waals surface area contributed by atoms with E-state index in [4.69, 9.17) is 10.5 Å². The lowest BCUT2D eigenvalue weighted by atomic mass is 10.2. The zero-order chi connectivity index (χ0) is 16.0. The number of alkyl halides is 3. The van der Waals surface area contributed by atoms with Crippen LogP contribution >= 0.6 is 0 Å². The van der Waals surface area contributed by atoms with Crippen molar-refractivity contribution in [2.24, 2.45) is 0 Å². The van der Waals surface area contributed by atoms with Crippen molar-refractivity contribution in [3.8, 4) is 0 Å². The number of fused-ring (bicyclic) bond motifs is 1. The lowest BCUT2D eigenvalue weighted by Crippen LogP contribution is -2.24. The molecule has 0 aromatic carbocycles. The molecule has 0 aliphatic carbocycles. The Labute approximate surface area is 118 Å². The molecule has 0 aliphatic heterocycles. The van der Waals surface area contributed by atoms with Crippen molar-refractivity contribution in [2.45, 2.75) is 32.5 Å². The second-order valence-electron chi connectivity index (χ2n) is 5.49. The molecule has 0 spiro atoms. The molecule has 2 N–H and O–H groups in total. The molecule has 0 saturated carbocycles. The Balaban J connectivity index is 2.49. The largest absolute Gasteiger partial charge is 0.455 e. The summed E-state index contributed by atoms with van der Waals surface area (Å²) in [6.45, 7) is 5.00. The summed E-state index contributed by atoms with van der Waals surface area (Å²) in [6.07, 6.45) is -3.71. The monoisotopic (exact) mass is 301 g/mol. The highest BCUT2D eigenvalue weighted by Gasteiger charge is 2.32. The summed E-state index contributed by atoms with van der Waals surface area (Å²) in [6, 6.07) is 2.02. The van der Waals surface area contributed by atoms with Crippen molar-refractivity contribution < 1.29 is 22.7 Å². The van der Waals surface area contributed by atoms with E-state index in [1.165, 1.54) is 0 Å². The zero-order valence-electron chi connectivity index (χ0n) is 11.7. The molecule has 0 fully saturated rings. The normalized spacial score (nSPS) is 12.7. The van der Waals surface area contributed by atoms with Gasteiger partial charge < -0.3 is 10.5 Å². The smallest absolute Gasteiger partial charge is 0.417 e. The summed E-state index contributed by atoms with van der Waals surface area (Å²) in [5.74, 6) is -0.970. The molecule has 114 valence electrons. The van der Waals surface area contributed by atoms with Gasteiger partial charge in [0.15, 0.2) is 5.69 Å². The molecule has 2 aromatic rings. The first-order chi connectivity index (χ1) is 9.49. The van der Waals surface area contributed by atoms with Gasteiger partial charge in [0, 0.05) is 6.20 Å². The molecule has 21 heavy (non-hydrogen) atoms. The second kappa shape index (κ2) is 4.64. The van der Waals surface area contributed by atoms with E-state index in [0.717, 1.165) is 22.7 Å². The van der Waals surface area contributed by atoms with Gasteiger partial charge in [0.1, 0.15) is 17.1 Å². The topological polar surface area (TPSA) is 69.6 Å². The number of halogens is 3. The molecular formula is C13H14F3N3O2. The number of carbonyl (C=O) groups is 1. The van der Waals surface area contributed by atoms with Gasteiger partial charge in [0.05, 0.1) is 5.56 Å². The van der Waals surface area contributed by atoms with Crippen LogP contribution in [0.1, 0.15) is 36.8 Å². The number of nitrogens with zero attached hydrogens (tertiary/aromatic N) is 2. The van der Waals surface area contributed by atoms with Crippen molar-refractivity contribution in [3.05, 3.63) is 29.6 Å². The summed E-state index contributed by atoms with van der Waals surface area (Å²) < 4.78 is 44.1. The predicted molar refractivity (Wildman–Crippen MR) is 69.8 cm³/mol. The van der Waals surface area contributed by atoms with Crippen LogP contribution in [0.15, 0.2) is 18.3 Å². The third-order valence-electron chi connectivity index (χ3n) is 2.58. The number of hydrogen-bond donors (Lipinski definition) is 1. The van der Waals surface area contributed by atoms with E-state index in [1.54, 1.807) is 20.8 Å². The molecule has 0 bridgehead atoms. The minimum atomic E-state index is -4.50. The Morgan fingerprint density at radius 2 is 1.90 bits per heavy atom. The molecule has 2 rings (SSSR count). The maximum Gasteiger partial charge on any atom is 0.417 e. The molecule has 2 aromatic heterocycles. The Kier molecular flexibility index (Phi) is 3.35. The fourth-order valence-corrected chi connectivity index (χ4v) is 1.71. The van der Waals surface area contributed by atoms with Crippen LogP contribution in [0.3, 0.4) is 0 Å². The van der Waals surface area contributed by atoms with Crippen molar-refractivity contribution in [1.29, 1.82) is 0 Å². The third-order valence-corrected chi connectivity index (χ3v) is 2.58. The van der Waals surface area contributed by atoms with Gasteiger partial charge >= 0.3 is 12.1 Å². The van der Waals surface area contributed by atoms with Gasteiger partial charge in [-0.3, -0.25) is 4.40 Å². The molecule has 0 saturated heterocycles. The number of anilines is 1. The standard InChI is InChI=1S/C13H14F3N3O2/c1-12(2,3)21-11(20)9-10(17)19-6-7(13(14,15)16)4-5-8(19)18-9/h4-6H,17H2,1-3H3. The van der Waals surface area contributed by atoms with E-state index in [0.29, 0.717) is 0 Å². The summed E-state index contributed by atoms with van der Waals surface area (Å²) in [5.41, 5.74) is 4.01. The number of hydrogen-bond acceptors (Lipinski definition) is 4. The molecule has 0 unspecified atom stereocenters. The minimum absolute atomic E-state index is 0.140. The van der Waals surface area contributed by atoms with Crippen LogP contribution in [-0.4, -0.2) is 21.0 Å². The Hall–Kier alpha value is -2.25. The highest BCUT2D eigenvalue weighted by atomic mass is 19.4. The number of aromatic nitrogens is 2. The van der Waals surface area contributed by atoms with E-state index in [-0.39, 0.29) is 17.2 Å². The van der Waals surface area contributed by atoms with Gasteiger partial charge in [-0.05, 0) is 32.9 Å². The highest BCUT2D eigenvalue weighted by Crippen LogP contribution is 2.30. The van der Waals surface area contributed by atoms with Crippen molar-refractivity contribution in [2.75, 3.05) is 5.73 Å². The van der Waals surface area contributed by atoms with Crippen LogP contribution in [0, 0.1) is 0 Å². The lowest BCUT2D eigenvalue weighted by Gasteiger charge is -2.18. The number of ether oxygens (including phenoxy) is 1. The van der Waals surface area contributed by atoms with E-state index in [2.05, 4.69) is 4.98 Å². The number of rotatable bonds is 1.